The van der Waals surface area contributed by atoms with E-state index < -0.39 is 0 Å². The molecule has 0 aromatic carbocycles. The normalized spacial score (nSPS) is 9.44. The van der Waals surface area contributed by atoms with Crippen LogP contribution in [0.2, 0.25) is 0 Å². The third-order valence-electron chi connectivity index (χ3n) is 0.759. The molecule has 0 N–H and O–H groups in total. The van der Waals surface area contributed by atoms with Gasteiger partial charge in [0.15, 0.2) is 0 Å². The zero-order chi connectivity index (χ0) is 6.95. The summed E-state index contributed by atoms with van der Waals surface area (Å²) in [5, 5.41) is 0. The van der Waals surface area contributed by atoms with E-state index in [1.165, 1.54) is 0 Å². The van der Waals surface area contributed by atoms with E-state index in [4.69, 9.17) is 9.47 Å². The fraction of sp³-hybridized carbons (Fsp3) is 1.00. The predicted octanol–water partition coefficient (Wildman–Crippen LogP) is 0.380. The molecule has 0 unspecified atom stereocenters. The number of nitrogens with zero attached hydrogens (tertiary/aromatic N) is 1. The molecule has 0 radical (unpaired) electrons. The molecule has 0 saturated carbocycles. The SMILES string of the molecule is COCCOCCN=S. The highest BCUT2D eigenvalue weighted by Crippen LogP contribution is 1.75. The molecule has 0 rings (SSSR count). The van der Waals surface area contributed by atoms with Crippen LogP contribution in [0.3, 0.4) is 0 Å². The van der Waals surface area contributed by atoms with Gasteiger partial charge in [-0.25, -0.2) is 4.36 Å². The smallest absolute Gasteiger partial charge is 0.0755 e. The Morgan fingerprint density at radius 2 is 2.11 bits per heavy atom. The lowest BCUT2D eigenvalue weighted by Crippen LogP contribution is -2.04. The third kappa shape index (κ3) is 7.94. The van der Waals surface area contributed by atoms with Crippen molar-refractivity contribution < 1.29 is 9.47 Å². The molecule has 0 aliphatic carbocycles. The monoisotopic (exact) mass is 149 g/mol. The molecule has 0 atom stereocenters. The van der Waals surface area contributed by atoms with E-state index in [9.17, 15) is 0 Å². The highest BCUT2D eigenvalue weighted by Gasteiger charge is 1.83. The van der Waals surface area contributed by atoms with Crippen molar-refractivity contribution in [3.63, 3.8) is 0 Å². The Bertz CT molecular complexity index is 70.0. The Balaban J connectivity index is 2.66. The van der Waals surface area contributed by atoms with Crippen molar-refractivity contribution in [1.82, 2.24) is 0 Å². The van der Waals surface area contributed by atoms with E-state index in [-0.39, 0.29) is 0 Å². The molecule has 4 heteroatoms. The van der Waals surface area contributed by atoms with Crippen LogP contribution < -0.4 is 0 Å². The van der Waals surface area contributed by atoms with Crippen LogP contribution in [0.25, 0.3) is 0 Å². The van der Waals surface area contributed by atoms with Gasteiger partial charge < -0.3 is 9.47 Å². The zero-order valence-electron chi connectivity index (χ0n) is 5.50. The minimum Gasteiger partial charge on any atom is -0.382 e. The molecule has 0 aliphatic rings. The summed E-state index contributed by atoms with van der Waals surface area (Å²) in [5.74, 6) is 0. The van der Waals surface area contributed by atoms with Crippen LogP contribution >= 0.6 is 0 Å². The summed E-state index contributed by atoms with van der Waals surface area (Å²) >= 11 is 4.34. The summed E-state index contributed by atoms with van der Waals surface area (Å²) in [4.78, 5) is 0. The summed E-state index contributed by atoms with van der Waals surface area (Å²) < 4.78 is 13.2. The maximum absolute atomic E-state index is 5.03. The van der Waals surface area contributed by atoms with Crippen molar-refractivity contribution in [3.8, 4) is 0 Å². The van der Waals surface area contributed by atoms with Gasteiger partial charge in [0.25, 0.3) is 0 Å². The van der Waals surface area contributed by atoms with Crippen LogP contribution in [0.1, 0.15) is 0 Å². The maximum Gasteiger partial charge on any atom is 0.0755 e. The Labute approximate surface area is 60.5 Å². The van der Waals surface area contributed by atoms with Crippen molar-refractivity contribution in [2.24, 2.45) is 4.36 Å². The van der Waals surface area contributed by atoms with Crippen molar-refractivity contribution >= 4 is 12.4 Å². The lowest BCUT2D eigenvalue weighted by molar-refractivity contribution is 0.0750. The van der Waals surface area contributed by atoms with E-state index in [2.05, 4.69) is 16.8 Å². The molecule has 9 heavy (non-hydrogen) atoms. The second-order valence-electron chi connectivity index (χ2n) is 1.46. The van der Waals surface area contributed by atoms with E-state index in [1.54, 1.807) is 7.11 Å². The first-order valence-corrected chi connectivity index (χ1v) is 3.14. The van der Waals surface area contributed by atoms with Gasteiger partial charge in [0.05, 0.1) is 26.4 Å². The van der Waals surface area contributed by atoms with Crippen LogP contribution in [-0.2, 0) is 21.9 Å². The quantitative estimate of drug-likeness (QED) is 0.511. The topological polar surface area (TPSA) is 30.8 Å². The number of ether oxygens (including phenoxy) is 2. The molecule has 0 aromatic rings. The molecule has 0 spiro atoms. The molecular formula is C5H11NO2S. The number of methoxy groups -OCH3 is 1. The standard InChI is InChI=1S/C5H11NO2S/c1-7-4-5-8-3-2-6-9/h2-5H2,1H3. The van der Waals surface area contributed by atoms with Crippen LogP contribution in [0, 0.1) is 0 Å². The summed E-state index contributed by atoms with van der Waals surface area (Å²) in [6, 6.07) is 0. The Kier molecular flexibility index (Phi) is 7.89. The predicted molar refractivity (Wildman–Crippen MR) is 37.4 cm³/mol. The summed E-state index contributed by atoms with van der Waals surface area (Å²) in [7, 11) is 1.64. The highest BCUT2D eigenvalue weighted by atomic mass is 32.1. The van der Waals surface area contributed by atoms with Gasteiger partial charge in [0.2, 0.25) is 0 Å². The number of rotatable bonds is 6. The molecule has 0 amide bonds. The first-order valence-electron chi connectivity index (χ1n) is 2.77. The highest BCUT2D eigenvalue weighted by molar-refractivity contribution is 7.47. The molecule has 0 heterocycles. The summed E-state index contributed by atoms with van der Waals surface area (Å²) in [6.45, 7) is 2.46. The Morgan fingerprint density at radius 1 is 1.33 bits per heavy atom. The van der Waals surface area contributed by atoms with Crippen LogP contribution in [0.15, 0.2) is 4.36 Å². The van der Waals surface area contributed by atoms with Crippen molar-refractivity contribution in [3.05, 3.63) is 0 Å². The second-order valence-corrected chi connectivity index (χ2v) is 1.72. The first-order chi connectivity index (χ1) is 4.41. The van der Waals surface area contributed by atoms with Gasteiger partial charge in [0, 0.05) is 19.5 Å². The van der Waals surface area contributed by atoms with E-state index in [0.29, 0.717) is 26.4 Å². The van der Waals surface area contributed by atoms with E-state index in [0.717, 1.165) is 0 Å². The van der Waals surface area contributed by atoms with Crippen LogP contribution in [0.5, 0.6) is 0 Å². The molecule has 3 nitrogen and oxygen atoms in total. The third-order valence-corrected chi connectivity index (χ3v) is 0.941. The fourth-order valence-corrected chi connectivity index (χ4v) is 0.421. The molecule has 0 aliphatic heterocycles. The summed E-state index contributed by atoms with van der Waals surface area (Å²) in [5.41, 5.74) is 0. The summed E-state index contributed by atoms with van der Waals surface area (Å²) in [6.07, 6.45) is 0. The molecule has 0 saturated heterocycles. The zero-order valence-corrected chi connectivity index (χ0v) is 6.32. The number of hydrogen-bond donors (Lipinski definition) is 0. The molecule has 0 aromatic heterocycles. The largest absolute Gasteiger partial charge is 0.382 e. The van der Waals surface area contributed by atoms with Gasteiger partial charge >= 0.3 is 0 Å². The van der Waals surface area contributed by atoms with Gasteiger partial charge in [0.1, 0.15) is 0 Å². The molecule has 0 bridgehead atoms. The van der Waals surface area contributed by atoms with Crippen molar-refractivity contribution in [1.29, 1.82) is 0 Å². The lowest BCUT2D eigenvalue weighted by Gasteiger charge is -1.98. The van der Waals surface area contributed by atoms with E-state index in [1.807, 2.05) is 0 Å². The van der Waals surface area contributed by atoms with E-state index >= 15 is 0 Å². The minimum atomic E-state index is 0.596. The minimum absolute atomic E-state index is 0.596. The first kappa shape index (κ1) is 8.94. The van der Waals surface area contributed by atoms with Gasteiger partial charge in [-0.3, -0.25) is 0 Å². The van der Waals surface area contributed by atoms with Gasteiger partial charge in [-0.15, -0.1) is 0 Å². The maximum atomic E-state index is 5.03. The second kappa shape index (κ2) is 7.94. The Morgan fingerprint density at radius 3 is 2.67 bits per heavy atom. The molecular weight excluding hydrogens is 138 g/mol. The van der Waals surface area contributed by atoms with Gasteiger partial charge in [-0.05, 0) is 0 Å². The van der Waals surface area contributed by atoms with Crippen molar-refractivity contribution in [2.45, 2.75) is 0 Å². The Hall–Kier alpha value is -0.0600. The van der Waals surface area contributed by atoms with Gasteiger partial charge in [-0.1, -0.05) is 0 Å². The average molecular weight is 149 g/mol. The average Bonchev–Trinajstić information content (AvgIpc) is 1.89. The fourth-order valence-electron chi connectivity index (χ4n) is 0.346. The molecule has 0 fully saturated rings. The lowest BCUT2D eigenvalue weighted by atomic mass is 10.7. The van der Waals surface area contributed by atoms with Crippen LogP contribution in [0.4, 0.5) is 0 Å². The van der Waals surface area contributed by atoms with Crippen LogP contribution in [-0.4, -0.2) is 33.5 Å². The molecule has 54 valence electrons. The van der Waals surface area contributed by atoms with Gasteiger partial charge in [-0.2, -0.15) is 0 Å². The van der Waals surface area contributed by atoms with Crippen molar-refractivity contribution in [2.75, 3.05) is 33.5 Å². The number of hydrogen-bond acceptors (Lipinski definition) is 4.